The van der Waals surface area contributed by atoms with Crippen molar-refractivity contribution in [2.24, 2.45) is 0 Å². The van der Waals surface area contributed by atoms with Gasteiger partial charge >= 0.3 is 0 Å². The molecule has 19 heavy (non-hydrogen) atoms. The van der Waals surface area contributed by atoms with Crippen molar-refractivity contribution in [3.05, 3.63) is 22.8 Å². The molecule has 0 radical (unpaired) electrons. The Bertz CT molecular complexity index is 469. The molecule has 4 nitrogen and oxygen atoms in total. The highest BCUT2D eigenvalue weighted by molar-refractivity contribution is 7.99. The SMILES string of the molecule is CNc1ncc(C(=O)NC2CCC(SC)C2)cc1Cl. The van der Waals surface area contributed by atoms with Crippen LogP contribution in [-0.4, -0.2) is 35.5 Å². The number of pyridine rings is 1. The van der Waals surface area contributed by atoms with Gasteiger partial charge < -0.3 is 10.6 Å². The molecule has 1 amide bonds. The number of nitrogens with zero attached hydrogens (tertiary/aromatic N) is 1. The van der Waals surface area contributed by atoms with E-state index < -0.39 is 0 Å². The van der Waals surface area contributed by atoms with Crippen molar-refractivity contribution in [3.63, 3.8) is 0 Å². The summed E-state index contributed by atoms with van der Waals surface area (Å²) in [6.45, 7) is 0. The van der Waals surface area contributed by atoms with E-state index in [2.05, 4.69) is 21.9 Å². The molecule has 2 N–H and O–H groups in total. The molecule has 0 aromatic carbocycles. The number of rotatable bonds is 4. The van der Waals surface area contributed by atoms with E-state index >= 15 is 0 Å². The number of halogens is 1. The Labute approximate surface area is 122 Å². The molecule has 0 aliphatic heterocycles. The summed E-state index contributed by atoms with van der Waals surface area (Å²) in [6.07, 6.45) is 6.93. The zero-order valence-electron chi connectivity index (χ0n) is 11.1. The summed E-state index contributed by atoms with van der Waals surface area (Å²) < 4.78 is 0. The van der Waals surface area contributed by atoms with E-state index in [0.29, 0.717) is 21.7 Å². The van der Waals surface area contributed by atoms with Gasteiger partial charge in [-0.15, -0.1) is 0 Å². The van der Waals surface area contributed by atoms with E-state index in [1.165, 1.54) is 6.42 Å². The lowest BCUT2D eigenvalue weighted by Gasteiger charge is -2.13. The molecule has 1 aromatic rings. The van der Waals surface area contributed by atoms with Crippen LogP contribution in [0.2, 0.25) is 5.02 Å². The van der Waals surface area contributed by atoms with Crippen LogP contribution in [0.5, 0.6) is 0 Å². The second-order valence-corrected chi connectivity index (χ2v) is 6.19. The smallest absolute Gasteiger partial charge is 0.253 e. The Morgan fingerprint density at radius 1 is 1.53 bits per heavy atom. The topological polar surface area (TPSA) is 54.0 Å². The third kappa shape index (κ3) is 3.54. The van der Waals surface area contributed by atoms with E-state index in [-0.39, 0.29) is 11.9 Å². The predicted octanol–water partition coefficient (Wildman–Crippen LogP) is 2.79. The molecule has 6 heteroatoms. The van der Waals surface area contributed by atoms with Gasteiger partial charge in [-0.2, -0.15) is 11.8 Å². The molecule has 104 valence electrons. The summed E-state index contributed by atoms with van der Waals surface area (Å²) in [6, 6.07) is 1.92. The number of carbonyl (C=O) groups is 1. The molecule has 1 aromatic heterocycles. The molecule has 1 fully saturated rings. The van der Waals surface area contributed by atoms with Gasteiger partial charge in [0, 0.05) is 24.5 Å². The Balaban J connectivity index is 1.98. The largest absolute Gasteiger partial charge is 0.372 e. The van der Waals surface area contributed by atoms with Gasteiger partial charge in [0.05, 0.1) is 10.6 Å². The van der Waals surface area contributed by atoms with Crippen molar-refractivity contribution in [2.45, 2.75) is 30.6 Å². The lowest BCUT2D eigenvalue weighted by Crippen LogP contribution is -2.33. The molecule has 0 saturated heterocycles. The van der Waals surface area contributed by atoms with Crippen molar-refractivity contribution in [1.29, 1.82) is 0 Å². The Hall–Kier alpha value is -0.940. The molecule has 1 heterocycles. The average molecular weight is 300 g/mol. The van der Waals surface area contributed by atoms with Crippen LogP contribution >= 0.6 is 23.4 Å². The number of nitrogens with one attached hydrogen (secondary N) is 2. The Morgan fingerprint density at radius 2 is 2.32 bits per heavy atom. The third-order valence-electron chi connectivity index (χ3n) is 3.39. The number of carbonyl (C=O) groups excluding carboxylic acids is 1. The van der Waals surface area contributed by atoms with Crippen LogP contribution in [0.15, 0.2) is 12.3 Å². The molecule has 1 aliphatic rings. The molecule has 1 saturated carbocycles. The van der Waals surface area contributed by atoms with Crippen LogP contribution in [-0.2, 0) is 0 Å². The normalized spacial score (nSPS) is 22.3. The molecule has 0 spiro atoms. The number of anilines is 1. The van der Waals surface area contributed by atoms with Gasteiger partial charge in [-0.05, 0) is 31.6 Å². The summed E-state index contributed by atoms with van der Waals surface area (Å²) in [7, 11) is 1.75. The number of aromatic nitrogens is 1. The summed E-state index contributed by atoms with van der Waals surface area (Å²) in [4.78, 5) is 16.2. The summed E-state index contributed by atoms with van der Waals surface area (Å²) in [5.41, 5.74) is 0.511. The highest BCUT2D eigenvalue weighted by atomic mass is 35.5. The minimum atomic E-state index is -0.0937. The third-order valence-corrected chi connectivity index (χ3v) is 4.78. The number of amides is 1. The second-order valence-electron chi connectivity index (χ2n) is 4.65. The zero-order valence-corrected chi connectivity index (χ0v) is 12.6. The van der Waals surface area contributed by atoms with Crippen molar-refractivity contribution in [3.8, 4) is 0 Å². The standard InChI is InChI=1S/C13H18ClN3OS/c1-15-12-11(14)5-8(7-16-12)13(18)17-9-3-4-10(6-9)19-2/h5,7,9-10H,3-4,6H2,1-2H3,(H,15,16)(H,17,18). The van der Waals surface area contributed by atoms with E-state index in [4.69, 9.17) is 11.6 Å². The average Bonchev–Trinajstić information content (AvgIpc) is 2.86. The molecule has 2 rings (SSSR count). The number of hydrogen-bond acceptors (Lipinski definition) is 4. The molecular formula is C13H18ClN3OS. The Kier molecular flexibility index (Phi) is 4.93. The van der Waals surface area contributed by atoms with Crippen LogP contribution in [0.3, 0.4) is 0 Å². The fourth-order valence-corrected chi connectivity index (χ4v) is 3.36. The predicted molar refractivity (Wildman–Crippen MR) is 81.2 cm³/mol. The summed E-state index contributed by atoms with van der Waals surface area (Å²) in [5, 5.41) is 7.05. The lowest BCUT2D eigenvalue weighted by atomic mass is 10.2. The van der Waals surface area contributed by atoms with Crippen molar-refractivity contribution in [1.82, 2.24) is 10.3 Å². The summed E-state index contributed by atoms with van der Waals surface area (Å²) in [5.74, 6) is 0.491. The first-order valence-corrected chi connectivity index (χ1v) is 7.97. The first-order chi connectivity index (χ1) is 9.13. The van der Waals surface area contributed by atoms with E-state index in [1.54, 1.807) is 19.3 Å². The van der Waals surface area contributed by atoms with Crippen LogP contribution in [0.1, 0.15) is 29.6 Å². The minimum Gasteiger partial charge on any atom is -0.372 e. The van der Waals surface area contributed by atoms with E-state index in [1.807, 2.05) is 11.8 Å². The second kappa shape index (κ2) is 6.48. The fourth-order valence-electron chi connectivity index (χ4n) is 2.30. The number of hydrogen-bond donors (Lipinski definition) is 2. The van der Waals surface area contributed by atoms with Crippen LogP contribution in [0, 0.1) is 0 Å². The first kappa shape index (κ1) is 14.5. The van der Waals surface area contributed by atoms with Crippen LogP contribution < -0.4 is 10.6 Å². The van der Waals surface area contributed by atoms with Gasteiger partial charge in [0.15, 0.2) is 0 Å². The van der Waals surface area contributed by atoms with Gasteiger partial charge in [0.25, 0.3) is 5.91 Å². The molecule has 0 bridgehead atoms. The van der Waals surface area contributed by atoms with Gasteiger partial charge in [-0.3, -0.25) is 4.79 Å². The Morgan fingerprint density at radius 3 is 2.89 bits per heavy atom. The lowest BCUT2D eigenvalue weighted by molar-refractivity contribution is 0.0937. The highest BCUT2D eigenvalue weighted by Crippen LogP contribution is 2.28. The van der Waals surface area contributed by atoms with Crippen LogP contribution in [0.25, 0.3) is 0 Å². The van der Waals surface area contributed by atoms with Gasteiger partial charge in [0.1, 0.15) is 5.82 Å². The number of thioether (sulfide) groups is 1. The maximum absolute atomic E-state index is 12.1. The zero-order chi connectivity index (χ0) is 13.8. The fraction of sp³-hybridized carbons (Fsp3) is 0.538. The van der Waals surface area contributed by atoms with Crippen molar-refractivity contribution in [2.75, 3.05) is 18.6 Å². The van der Waals surface area contributed by atoms with Crippen molar-refractivity contribution >= 4 is 35.1 Å². The monoisotopic (exact) mass is 299 g/mol. The van der Waals surface area contributed by atoms with Crippen LogP contribution in [0.4, 0.5) is 5.82 Å². The highest BCUT2D eigenvalue weighted by Gasteiger charge is 2.25. The van der Waals surface area contributed by atoms with Crippen molar-refractivity contribution < 1.29 is 4.79 Å². The minimum absolute atomic E-state index is 0.0937. The molecule has 1 aliphatic carbocycles. The quantitative estimate of drug-likeness (QED) is 0.897. The maximum Gasteiger partial charge on any atom is 0.253 e. The van der Waals surface area contributed by atoms with Gasteiger partial charge in [0.2, 0.25) is 0 Å². The molecular weight excluding hydrogens is 282 g/mol. The summed E-state index contributed by atoms with van der Waals surface area (Å²) >= 11 is 7.90. The maximum atomic E-state index is 12.1. The van der Waals surface area contributed by atoms with E-state index in [9.17, 15) is 4.79 Å². The van der Waals surface area contributed by atoms with Gasteiger partial charge in [-0.25, -0.2) is 4.98 Å². The first-order valence-electron chi connectivity index (χ1n) is 6.31. The molecule has 2 atom stereocenters. The van der Waals surface area contributed by atoms with E-state index in [0.717, 1.165) is 12.8 Å². The molecule has 2 unspecified atom stereocenters. The van der Waals surface area contributed by atoms with Gasteiger partial charge in [-0.1, -0.05) is 11.6 Å².